The number of alkyl halides is 3. The zero-order chi connectivity index (χ0) is 29.4. The van der Waals surface area contributed by atoms with Gasteiger partial charge in [-0.2, -0.15) is 13.2 Å². The number of benzene rings is 3. The first-order valence-corrected chi connectivity index (χ1v) is 14.7. The van der Waals surface area contributed by atoms with Crippen LogP contribution in [0.15, 0.2) is 60.7 Å². The van der Waals surface area contributed by atoms with Crippen LogP contribution in [0.2, 0.25) is 5.02 Å². The third-order valence-electron chi connectivity index (χ3n) is 8.12. The molecule has 1 N–H and O–H groups in total. The number of hydrogen-bond donors (Lipinski definition) is 1. The molecule has 0 bridgehead atoms. The van der Waals surface area contributed by atoms with Crippen molar-refractivity contribution in [2.45, 2.75) is 70.7 Å². The summed E-state index contributed by atoms with van der Waals surface area (Å²) in [4.78, 5) is 2.18. The van der Waals surface area contributed by atoms with E-state index < -0.39 is 17.6 Å². The normalized spacial score (nSPS) is 15.3. The van der Waals surface area contributed by atoms with Crippen LogP contribution < -0.4 is 4.74 Å². The average Bonchev–Trinajstić information content (AvgIpc) is 2.95. The van der Waals surface area contributed by atoms with Gasteiger partial charge in [0.1, 0.15) is 11.6 Å². The van der Waals surface area contributed by atoms with E-state index in [1.54, 1.807) is 19.1 Å². The molecule has 0 aliphatic heterocycles. The fourth-order valence-electron chi connectivity index (χ4n) is 5.94. The Bertz CT molecular complexity index is 1240. The van der Waals surface area contributed by atoms with Crippen LogP contribution >= 0.6 is 11.6 Å². The molecule has 1 saturated carbocycles. The van der Waals surface area contributed by atoms with E-state index in [0.717, 1.165) is 18.9 Å². The maximum absolute atomic E-state index is 14.3. The molecule has 0 aromatic heterocycles. The maximum atomic E-state index is 14.3. The van der Waals surface area contributed by atoms with Crippen LogP contribution in [0.5, 0.6) is 5.75 Å². The minimum Gasteiger partial charge on any atom is -0.493 e. The topological polar surface area (TPSA) is 32.7 Å². The maximum Gasteiger partial charge on any atom is 0.417 e. The number of aryl methyl sites for hydroxylation is 1. The molecular weight excluding hydrogens is 554 g/mol. The number of hydrogen-bond acceptors (Lipinski definition) is 3. The van der Waals surface area contributed by atoms with Gasteiger partial charge in [0.05, 0.1) is 23.8 Å². The fraction of sp³-hybridized carbons (Fsp3) is 0.455. The van der Waals surface area contributed by atoms with Crippen molar-refractivity contribution in [1.29, 1.82) is 0 Å². The first kappa shape index (κ1) is 31.3. The molecule has 3 aromatic rings. The minimum absolute atomic E-state index is 0.241. The lowest BCUT2D eigenvalue weighted by Crippen LogP contribution is -2.34. The van der Waals surface area contributed by atoms with Gasteiger partial charge in [-0.3, -0.25) is 4.90 Å². The van der Waals surface area contributed by atoms with Gasteiger partial charge in [-0.1, -0.05) is 73.3 Å². The van der Waals surface area contributed by atoms with Crippen molar-refractivity contribution in [3.63, 3.8) is 0 Å². The van der Waals surface area contributed by atoms with Crippen LogP contribution in [0, 0.1) is 18.7 Å². The molecule has 0 amide bonds. The molecule has 0 spiro atoms. The van der Waals surface area contributed by atoms with Gasteiger partial charge in [0.2, 0.25) is 0 Å². The van der Waals surface area contributed by atoms with Crippen molar-refractivity contribution >= 4 is 11.6 Å². The number of aliphatic hydroxyl groups is 1. The number of nitrogens with zero attached hydrogens (tertiary/aromatic N) is 1. The van der Waals surface area contributed by atoms with Crippen LogP contribution in [0.4, 0.5) is 17.6 Å². The van der Waals surface area contributed by atoms with Gasteiger partial charge in [-0.15, -0.1) is 0 Å². The van der Waals surface area contributed by atoms with Gasteiger partial charge in [0, 0.05) is 31.3 Å². The Labute approximate surface area is 245 Å². The molecule has 0 saturated heterocycles. The van der Waals surface area contributed by atoms with Crippen LogP contribution in [0.1, 0.15) is 72.3 Å². The summed E-state index contributed by atoms with van der Waals surface area (Å²) in [6, 6.07) is 17.4. The predicted octanol–water partition coefficient (Wildman–Crippen LogP) is 8.93. The third kappa shape index (κ3) is 8.46. The summed E-state index contributed by atoms with van der Waals surface area (Å²) in [7, 11) is 0. The molecule has 0 heterocycles. The molecule has 1 aliphatic rings. The molecule has 41 heavy (non-hydrogen) atoms. The SMILES string of the molecule is Cc1cc(OCCCN(Cc2cccc(C(F)(F)F)c2Cl)CC(c2ccccc2)C2CCCCC2)cc(F)c1CO. The van der Waals surface area contributed by atoms with E-state index in [0.29, 0.717) is 48.9 Å². The van der Waals surface area contributed by atoms with Gasteiger partial charge in [0.25, 0.3) is 0 Å². The van der Waals surface area contributed by atoms with E-state index in [4.69, 9.17) is 16.3 Å². The summed E-state index contributed by atoms with van der Waals surface area (Å²) in [6.45, 7) is 3.17. The third-order valence-corrected chi connectivity index (χ3v) is 8.56. The molecule has 1 aliphatic carbocycles. The molecule has 4 rings (SSSR count). The fourth-order valence-corrected chi connectivity index (χ4v) is 6.24. The summed E-state index contributed by atoms with van der Waals surface area (Å²) in [5, 5.41) is 9.10. The first-order valence-electron chi connectivity index (χ1n) is 14.3. The van der Waals surface area contributed by atoms with Crippen LogP contribution in [-0.2, 0) is 19.3 Å². The number of ether oxygens (including phenoxy) is 1. The highest BCUT2D eigenvalue weighted by Crippen LogP contribution is 2.39. The Morgan fingerprint density at radius 1 is 1.02 bits per heavy atom. The van der Waals surface area contributed by atoms with E-state index >= 15 is 0 Å². The van der Waals surface area contributed by atoms with E-state index in [1.165, 1.54) is 37.0 Å². The lowest BCUT2D eigenvalue weighted by molar-refractivity contribution is -0.137. The number of rotatable bonds is 12. The zero-order valence-electron chi connectivity index (χ0n) is 23.4. The summed E-state index contributed by atoms with van der Waals surface area (Å²) in [6.07, 6.45) is 1.94. The van der Waals surface area contributed by atoms with Gasteiger partial charge in [-0.25, -0.2) is 4.39 Å². The van der Waals surface area contributed by atoms with E-state index in [2.05, 4.69) is 17.0 Å². The van der Waals surface area contributed by atoms with Gasteiger partial charge >= 0.3 is 6.18 Å². The second-order valence-electron chi connectivity index (χ2n) is 11.0. The molecule has 1 atom stereocenters. The van der Waals surface area contributed by atoms with Crippen LogP contribution in [-0.4, -0.2) is 29.7 Å². The second-order valence-corrected chi connectivity index (χ2v) is 11.4. The lowest BCUT2D eigenvalue weighted by Gasteiger charge is -2.35. The summed E-state index contributed by atoms with van der Waals surface area (Å²) in [5.41, 5.74) is 1.72. The number of halogens is 5. The predicted molar refractivity (Wildman–Crippen MR) is 155 cm³/mol. The monoisotopic (exact) mass is 591 g/mol. The Balaban J connectivity index is 1.53. The molecule has 8 heteroatoms. The molecule has 3 aromatic carbocycles. The highest BCUT2D eigenvalue weighted by molar-refractivity contribution is 6.32. The smallest absolute Gasteiger partial charge is 0.417 e. The second kappa shape index (κ2) is 14.5. The Morgan fingerprint density at radius 3 is 2.41 bits per heavy atom. The summed E-state index contributed by atoms with van der Waals surface area (Å²) >= 11 is 6.31. The number of aliphatic hydroxyl groups excluding tert-OH is 1. The van der Waals surface area contributed by atoms with Crippen molar-refractivity contribution in [1.82, 2.24) is 4.90 Å². The quantitative estimate of drug-likeness (QED) is 0.169. The largest absolute Gasteiger partial charge is 0.493 e. The Kier molecular flexibility index (Phi) is 11.1. The van der Waals surface area contributed by atoms with Gasteiger partial charge in [0.15, 0.2) is 0 Å². The van der Waals surface area contributed by atoms with Crippen molar-refractivity contribution in [3.8, 4) is 5.75 Å². The van der Waals surface area contributed by atoms with E-state index in [9.17, 15) is 22.7 Å². The highest BCUT2D eigenvalue weighted by atomic mass is 35.5. The lowest BCUT2D eigenvalue weighted by atomic mass is 9.76. The van der Waals surface area contributed by atoms with Gasteiger partial charge in [-0.05, 0) is 66.8 Å². The molecule has 0 radical (unpaired) electrons. The highest BCUT2D eigenvalue weighted by Gasteiger charge is 2.34. The van der Waals surface area contributed by atoms with Crippen molar-refractivity contribution in [2.24, 2.45) is 5.92 Å². The van der Waals surface area contributed by atoms with Crippen molar-refractivity contribution in [3.05, 3.63) is 99.3 Å². The minimum atomic E-state index is -4.53. The molecule has 222 valence electrons. The van der Waals surface area contributed by atoms with Gasteiger partial charge < -0.3 is 9.84 Å². The molecular formula is C33H38ClF4NO2. The molecule has 1 unspecified atom stereocenters. The van der Waals surface area contributed by atoms with Crippen LogP contribution in [0.25, 0.3) is 0 Å². The molecule has 1 fully saturated rings. The summed E-state index contributed by atoms with van der Waals surface area (Å²) < 4.78 is 60.9. The first-order chi connectivity index (χ1) is 19.7. The zero-order valence-corrected chi connectivity index (χ0v) is 24.2. The van der Waals surface area contributed by atoms with Crippen molar-refractivity contribution in [2.75, 3.05) is 19.7 Å². The molecule has 3 nitrogen and oxygen atoms in total. The average molecular weight is 592 g/mol. The Hall–Kier alpha value is -2.61. The van der Waals surface area contributed by atoms with E-state index in [-0.39, 0.29) is 29.7 Å². The van der Waals surface area contributed by atoms with Crippen molar-refractivity contribution < 1.29 is 27.4 Å². The summed E-state index contributed by atoms with van der Waals surface area (Å²) in [5.74, 6) is 0.609. The van der Waals surface area contributed by atoms with Crippen LogP contribution in [0.3, 0.4) is 0 Å². The van der Waals surface area contributed by atoms with E-state index in [1.807, 2.05) is 18.2 Å². The standard InChI is InChI=1S/C33H38ClF4NO2/c1-23-18-27(19-31(35)29(23)22-40)41-17-9-16-39(20-26-14-8-15-30(32(26)34)33(36,37)38)21-28(24-10-4-2-5-11-24)25-12-6-3-7-13-25/h2,4-5,8,10-11,14-15,18-19,25,28,40H,3,6-7,9,12-13,16-17,20-22H2,1H3. The Morgan fingerprint density at radius 2 is 1.76 bits per heavy atom.